The van der Waals surface area contributed by atoms with Gasteiger partial charge in [-0.3, -0.25) is 0 Å². The van der Waals surface area contributed by atoms with Crippen molar-refractivity contribution in [2.45, 2.75) is 19.5 Å². The molecule has 1 heterocycles. The quantitative estimate of drug-likeness (QED) is 0.868. The molecule has 2 N–H and O–H groups in total. The van der Waals surface area contributed by atoms with Gasteiger partial charge in [0.05, 0.1) is 11.3 Å². The highest BCUT2D eigenvalue weighted by atomic mass is 32.2. The largest absolute Gasteiger partial charge is 0.366 e. The lowest BCUT2D eigenvalue weighted by Gasteiger charge is -2.35. The molecule has 0 bridgehead atoms. The maximum Gasteiger partial charge on any atom is 0.101 e. The minimum Gasteiger partial charge on any atom is -0.366 e. The van der Waals surface area contributed by atoms with Crippen LogP contribution in [0.2, 0.25) is 0 Å². The van der Waals surface area contributed by atoms with Crippen molar-refractivity contribution in [3.63, 3.8) is 0 Å². The van der Waals surface area contributed by atoms with E-state index in [9.17, 15) is 5.26 Å². The monoisotopic (exact) mass is 247 g/mol. The van der Waals surface area contributed by atoms with E-state index in [1.54, 1.807) is 0 Å². The van der Waals surface area contributed by atoms with E-state index < -0.39 is 0 Å². The van der Waals surface area contributed by atoms with Gasteiger partial charge in [-0.25, -0.2) is 0 Å². The highest BCUT2D eigenvalue weighted by Crippen LogP contribution is 2.27. The first-order valence-corrected chi connectivity index (χ1v) is 6.99. The number of rotatable bonds is 2. The van der Waals surface area contributed by atoms with E-state index in [1.165, 1.54) is 0 Å². The molecule has 1 aliphatic rings. The third-order valence-electron chi connectivity index (χ3n) is 3.09. The van der Waals surface area contributed by atoms with Gasteiger partial charge in [0, 0.05) is 30.6 Å². The number of nitrogens with zero attached hydrogens (tertiary/aromatic N) is 2. The Morgan fingerprint density at radius 1 is 1.59 bits per heavy atom. The number of hydrogen-bond donors (Lipinski definition) is 1. The van der Waals surface area contributed by atoms with Crippen molar-refractivity contribution in [1.82, 2.24) is 0 Å². The molecule has 0 aromatic heterocycles. The van der Waals surface area contributed by atoms with Crippen LogP contribution in [0.1, 0.15) is 18.1 Å². The Morgan fingerprint density at radius 2 is 2.41 bits per heavy atom. The molecule has 90 valence electrons. The number of anilines is 1. The molecule has 4 heteroatoms. The van der Waals surface area contributed by atoms with Gasteiger partial charge in [0.1, 0.15) is 6.07 Å². The zero-order valence-corrected chi connectivity index (χ0v) is 10.8. The highest BCUT2D eigenvalue weighted by Gasteiger charge is 2.21. The zero-order chi connectivity index (χ0) is 12.3. The zero-order valence-electron chi connectivity index (χ0n) is 10.0. The maximum absolute atomic E-state index is 9.23. The smallest absolute Gasteiger partial charge is 0.101 e. The number of benzene rings is 1. The van der Waals surface area contributed by atoms with Crippen molar-refractivity contribution in [2.24, 2.45) is 5.73 Å². The normalized spacial score (nSPS) is 20.1. The number of nitriles is 1. The van der Waals surface area contributed by atoms with Gasteiger partial charge in [0.25, 0.3) is 0 Å². The van der Waals surface area contributed by atoms with Crippen LogP contribution in [0.4, 0.5) is 5.69 Å². The molecule has 0 saturated carbocycles. The average Bonchev–Trinajstić information content (AvgIpc) is 2.38. The van der Waals surface area contributed by atoms with Gasteiger partial charge in [0.15, 0.2) is 0 Å². The van der Waals surface area contributed by atoms with Crippen molar-refractivity contribution in [3.05, 3.63) is 29.3 Å². The molecule has 0 amide bonds. The van der Waals surface area contributed by atoms with Crippen LogP contribution in [0.15, 0.2) is 18.2 Å². The lowest BCUT2D eigenvalue weighted by molar-refractivity contribution is 0.699. The summed E-state index contributed by atoms with van der Waals surface area (Å²) in [5.74, 6) is 2.26. The first-order valence-electron chi connectivity index (χ1n) is 5.83. The minimum atomic E-state index is 0.486. The van der Waals surface area contributed by atoms with Crippen LogP contribution in [0.5, 0.6) is 0 Å². The molecular weight excluding hydrogens is 230 g/mol. The summed E-state index contributed by atoms with van der Waals surface area (Å²) in [5.41, 5.74) is 8.42. The minimum absolute atomic E-state index is 0.486. The third kappa shape index (κ3) is 2.56. The van der Waals surface area contributed by atoms with Crippen LogP contribution in [0.25, 0.3) is 0 Å². The number of nitrogens with two attached hydrogens (primary N) is 1. The Labute approximate surface area is 107 Å². The summed E-state index contributed by atoms with van der Waals surface area (Å²) < 4.78 is 0. The SMILES string of the molecule is CC1CSCCN1c1ccc(CN)cc1C#N. The Balaban J connectivity index is 2.34. The highest BCUT2D eigenvalue weighted by molar-refractivity contribution is 7.99. The molecular formula is C13H17N3S. The first kappa shape index (κ1) is 12.3. The van der Waals surface area contributed by atoms with Crippen LogP contribution in [-0.2, 0) is 6.54 Å². The summed E-state index contributed by atoms with van der Waals surface area (Å²) in [7, 11) is 0. The van der Waals surface area contributed by atoms with Crippen LogP contribution in [0.3, 0.4) is 0 Å². The van der Waals surface area contributed by atoms with E-state index in [1.807, 2.05) is 30.0 Å². The average molecular weight is 247 g/mol. The summed E-state index contributed by atoms with van der Waals surface area (Å²) >= 11 is 1.98. The van der Waals surface area contributed by atoms with Crippen LogP contribution >= 0.6 is 11.8 Å². The molecule has 0 aliphatic carbocycles. The summed E-state index contributed by atoms with van der Waals surface area (Å²) in [5, 5.41) is 9.23. The first-order chi connectivity index (χ1) is 8.26. The van der Waals surface area contributed by atoms with Crippen molar-refractivity contribution >= 4 is 17.4 Å². The second kappa shape index (κ2) is 5.44. The number of thioether (sulfide) groups is 1. The lowest BCUT2D eigenvalue weighted by atomic mass is 10.1. The molecule has 1 aliphatic heterocycles. The van der Waals surface area contributed by atoms with Crippen molar-refractivity contribution in [3.8, 4) is 6.07 Å². The molecule has 2 rings (SSSR count). The Bertz CT molecular complexity index is 439. The molecule has 1 aromatic carbocycles. The second-order valence-corrected chi connectivity index (χ2v) is 5.43. The van der Waals surface area contributed by atoms with E-state index in [0.29, 0.717) is 12.6 Å². The van der Waals surface area contributed by atoms with Crippen LogP contribution in [0, 0.1) is 11.3 Å². The predicted octanol–water partition coefficient (Wildman–Crippen LogP) is 1.96. The topological polar surface area (TPSA) is 53.0 Å². The van der Waals surface area contributed by atoms with E-state index >= 15 is 0 Å². The fourth-order valence-electron chi connectivity index (χ4n) is 2.14. The van der Waals surface area contributed by atoms with Gasteiger partial charge in [-0.1, -0.05) is 6.07 Å². The number of hydrogen-bond acceptors (Lipinski definition) is 4. The van der Waals surface area contributed by atoms with Gasteiger partial charge in [-0.15, -0.1) is 0 Å². The van der Waals surface area contributed by atoms with Gasteiger partial charge >= 0.3 is 0 Å². The third-order valence-corrected chi connectivity index (χ3v) is 4.28. The summed E-state index contributed by atoms with van der Waals surface area (Å²) in [6, 6.07) is 8.73. The van der Waals surface area contributed by atoms with Crippen molar-refractivity contribution in [1.29, 1.82) is 5.26 Å². The molecule has 1 fully saturated rings. The molecule has 1 saturated heterocycles. The van der Waals surface area contributed by atoms with Gasteiger partial charge in [-0.05, 0) is 24.6 Å². The molecule has 0 radical (unpaired) electrons. The Hall–Kier alpha value is -1.18. The molecule has 1 unspecified atom stereocenters. The summed E-state index contributed by atoms with van der Waals surface area (Å²) in [6.45, 7) is 3.72. The van der Waals surface area contributed by atoms with E-state index in [4.69, 9.17) is 5.73 Å². The summed E-state index contributed by atoms with van der Waals surface area (Å²) in [4.78, 5) is 2.33. The molecule has 17 heavy (non-hydrogen) atoms. The predicted molar refractivity (Wildman–Crippen MR) is 73.2 cm³/mol. The second-order valence-electron chi connectivity index (χ2n) is 4.28. The molecule has 3 nitrogen and oxygen atoms in total. The van der Waals surface area contributed by atoms with Crippen LogP contribution < -0.4 is 10.6 Å². The van der Waals surface area contributed by atoms with Crippen LogP contribution in [-0.4, -0.2) is 24.1 Å². The lowest BCUT2D eigenvalue weighted by Crippen LogP contribution is -2.40. The van der Waals surface area contributed by atoms with E-state index in [0.717, 1.165) is 34.9 Å². The molecule has 0 spiro atoms. The fourth-order valence-corrected chi connectivity index (χ4v) is 3.15. The Morgan fingerprint density at radius 3 is 3.06 bits per heavy atom. The molecule has 1 atom stereocenters. The van der Waals surface area contributed by atoms with Gasteiger partial charge in [0.2, 0.25) is 0 Å². The van der Waals surface area contributed by atoms with E-state index in [2.05, 4.69) is 17.9 Å². The van der Waals surface area contributed by atoms with Gasteiger partial charge < -0.3 is 10.6 Å². The van der Waals surface area contributed by atoms with E-state index in [-0.39, 0.29) is 0 Å². The standard InChI is InChI=1S/C13H17N3S/c1-10-9-17-5-4-16(10)13-3-2-11(7-14)6-12(13)8-15/h2-3,6,10H,4-5,7,9,14H2,1H3. The maximum atomic E-state index is 9.23. The molecule has 1 aromatic rings. The fraction of sp³-hybridized carbons (Fsp3) is 0.462. The van der Waals surface area contributed by atoms with Crippen molar-refractivity contribution in [2.75, 3.05) is 23.0 Å². The Kier molecular flexibility index (Phi) is 3.93. The van der Waals surface area contributed by atoms with Crippen molar-refractivity contribution < 1.29 is 0 Å². The summed E-state index contributed by atoms with van der Waals surface area (Å²) in [6.07, 6.45) is 0. The van der Waals surface area contributed by atoms with Gasteiger partial charge in [-0.2, -0.15) is 17.0 Å².